The molecule has 4 nitrogen and oxygen atoms in total. The zero-order chi connectivity index (χ0) is 8.55. The summed E-state index contributed by atoms with van der Waals surface area (Å²) in [6, 6.07) is 0.320. The lowest BCUT2D eigenvalue weighted by Crippen LogP contribution is -2.37. The number of nitrogens with zero attached hydrogens (tertiary/aromatic N) is 1. The molecule has 1 aliphatic heterocycles. The minimum absolute atomic E-state index is 0.157. The third-order valence-corrected chi connectivity index (χ3v) is 2.67. The van der Waals surface area contributed by atoms with Crippen molar-refractivity contribution in [2.45, 2.75) is 31.4 Å². The Hall–Kier alpha value is -0.770. The summed E-state index contributed by atoms with van der Waals surface area (Å²) < 4.78 is 5.18. The summed E-state index contributed by atoms with van der Waals surface area (Å²) in [5.41, 5.74) is 5.40. The summed E-state index contributed by atoms with van der Waals surface area (Å²) in [5, 5.41) is 0. The number of hydrogen-bond donors (Lipinski definition) is 1. The molecule has 2 atom stereocenters. The largest absolute Gasteiger partial charge is 0.444 e. The van der Waals surface area contributed by atoms with Gasteiger partial charge in [0.05, 0.1) is 6.04 Å². The van der Waals surface area contributed by atoms with Gasteiger partial charge in [-0.3, -0.25) is 0 Å². The lowest BCUT2D eigenvalue weighted by Gasteiger charge is -2.18. The molecule has 12 heavy (non-hydrogen) atoms. The van der Waals surface area contributed by atoms with Gasteiger partial charge in [0.1, 0.15) is 6.10 Å². The van der Waals surface area contributed by atoms with Crippen LogP contribution in [0.1, 0.15) is 19.3 Å². The van der Waals surface area contributed by atoms with E-state index < -0.39 is 0 Å². The Morgan fingerprint density at radius 1 is 1.58 bits per heavy atom. The first-order chi connectivity index (χ1) is 5.83. The second-order valence-corrected chi connectivity index (χ2v) is 3.40. The van der Waals surface area contributed by atoms with E-state index in [1.807, 2.05) is 0 Å². The SMILES string of the molecule is NCCN1C(=O)OC2CCCC21. The second kappa shape index (κ2) is 2.94. The van der Waals surface area contributed by atoms with Gasteiger partial charge in [0, 0.05) is 13.1 Å². The zero-order valence-corrected chi connectivity index (χ0v) is 7.03. The molecule has 0 radical (unpaired) electrons. The van der Waals surface area contributed by atoms with Crippen LogP contribution in [0.5, 0.6) is 0 Å². The first-order valence-electron chi connectivity index (χ1n) is 4.50. The van der Waals surface area contributed by atoms with Crippen LogP contribution in [0.4, 0.5) is 4.79 Å². The monoisotopic (exact) mass is 170 g/mol. The minimum Gasteiger partial charge on any atom is -0.444 e. The molecule has 1 saturated carbocycles. The molecule has 1 heterocycles. The van der Waals surface area contributed by atoms with E-state index in [1.165, 1.54) is 6.42 Å². The van der Waals surface area contributed by atoms with Gasteiger partial charge in [-0.2, -0.15) is 0 Å². The van der Waals surface area contributed by atoms with Gasteiger partial charge in [0.2, 0.25) is 0 Å². The predicted octanol–water partition coefficient (Wildman–Crippen LogP) is 0.318. The van der Waals surface area contributed by atoms with Crippen molar-refractivity contribution < 1.29 is 9.53 Å². The van der Waals surface area contributed by atoms with Gasteiger partial charge < -0.3 is 15.4 Å². The first kappa shape index (κ1) is 7.86. The van der Waals surface area contributed by atoms with Crippen LogP contribution in [0.15, 0.2) is 0 Å². The maximum absolute atomic E-state index is 11.2. The molecular formula is C8H14N2O2. The maximum Gasteiger partial charge on any atom is 0.410 e. The van der Waals surface area contributed by atoms with Crippen LogP contribution in [-0.4, -0.2) is 36.2 Å². The summed E-state index contributed by atoms with van der Waals surface area (Å²) in [6.45, 7) is 1.16. The lowest BCUT2D eigenvalue weighted by atomic mass is 10.2. The maximum atomic E-state index is 11.2. The van der Waals surface area contributed by atoms with E-state index in [4.69, 9.17) is 10.5 Å². The van der Waals surface area contributed by atoms with Crippen molar-refractivity contribution in [2.24, 2.45) is 5.73 Å². The highest BCUT2D eigenvalue weighted by molar-refractivity contribution is 5.70. The van der Waals surface area contributed by atoms with Gasteiger partial charge in [-0.05, 0) is 19.3 Å². The molecule has 0 aromatic heterocycles. The summed E-state index contributed by atoms with van der Waals surface area (Å²) in [4.78, 5) is 13.0. The fraction of sp³-hybridized carbons (Fsp3) is 0.875. The second-order valence-electron chi connectivity index (χ2n) is 3.40. The number of rotatable bonds is 2. The highest BCUT2D eigenvalue weighted by atomic mass is 16.6. The van der Waals surface area contributed by atoms with Crippen molar-refractivity contribution in [2.75, 3.05) is 13.1 Å². The van der Waals surface area contributed by atoms with Crippen LogP contribution in [0, 0.1) is 0 Å². The Bertz CT molecular complexity index is 195. The average molecular weight is 170 g/mol. The molecule has 0 spiro atoms. The molecule has 0 aromatic rings. The molecule has 0 bridgehead atoms. The molecule has 1 saturated heterocycles. The van der Waals surface area contributed by atoms with Crippen molar-refractivity contribution in [3.63, 3.8) is 0 Å². The van der Waals surface area contributed by atoms with Gasteiger partial charge in [0.15, 0.2) is 0 Å². The van der Waals surface area contributed by atoms with Crippen LogP contribution in [0.3, 0.4) is 0 Å². The summed E-state index contributed by atoms with van der Waals surface area (Å²) in [7, 11) is 0. The standard InChI is InChI=1S/C8H14N2O2/c9-4-5-10-6-2-1-3-7(6)12-8(10)11/h6-7H,1-5,9H2. The number of carbonyl (C=O) groups is 1. The number of nitrogens with two attached hydrogens (primary N) is 1. The van der Waals surface area contributed by atoms with Gasteiger partial charge in [-0.25, -0.2) is 4.79 Å². The first-order valence-corrected chi connectivity index (χ1v) is 4.50. The molecule has 1 aliphatic carbocycles. The van der Waals surface area contributed by atoms with Crippen LogP contribution in [0.2, 0.25) is 0 Å². The van der Waals surface area contributed by atoms with Crippen molar-refractivity contribution in [1.29, 1.82) is 0 Å². The van der Waals surface area contributed by atoms with E-state index in [0.29, 0.717) is 19.1 Å². The third-order valence-electron chi connectivity index (χ3n) is 2.67. The van der Waals surface area contributed by atoms with Crippen LogP contribution >= 0.6 is 0 Å². The number of ether oxygens (including phenoxy) is 1. The van der Waals surface area contributed by atoms with E-state index >= 15 is 0 Å². The minimum atomic E-state index is -0.171. The van der Waals surface area contributed by atoms with E-state index in [9.17, 15) is 4.79 Å². The normalized spacial score (nSPS) is 33.8. The third kappa shape index (κ3) is 1.06. The van der Waals surface area contributed by atoms with E-state index in [1.54, 1.807) is 4.90 Å². The summed E-state index contributed by atoms with van der Waals surface area (Å²) in [5.74, 6) is 0. The molecule has 2 unspecified atom stereocenters. The number of carbonyl (C=O) groups excluding carboxylic acids is 1. The molecule has 1 amide bonds. The van der Waals surface area contributed by atoms with Gasteiger partial charge in [0.25, 0.3) is 0 Å². The van der Waals surface area contributed by atoms with Crippen LogP contribution in [-0.2, 0) is 4.74 Å². The number of fused-ring (bicyclic) bond motifs is 1. The molecule has 4 heteroatoms. The van der Waals surface area contributed by atoms with Crippen molar-refractivity contribution in [1.82, 2.24) is 4.90 Å². The Morgan fingerprint density at radius 2 is 2.42 bits per heavy atom. The molecule has 2 fully saturated rings. The Labute approximate surface area is 71.7 Å². The predicted molar refractivity (Wildman–Crippen MR) is 43.7 cm³/mol. The fourth-order valence-corrected chi connectivity index (χ4v) is 2.13. The van der Waals surface area contributed by atoms with Gasteiger partial charge >= 0.3 is 6.09 Å². The highest BCUT2D eigenvalue weighted by Gasteiger charge is 2.43. The van der Waals surface area contributed by atoms with Crippen molar-refractivity contribution in [3.8, 4) is 0 Å². The lowest BCUT2D eigenvalue weighted by molar-refractivity contribution is 0.131. The van der Waals surface area contributed by atoms with E-state index in [2.05, 4.69) is 0 Å². The van der Waals surface area contributed by atoms with Gasteiger partial charge in [-0.1, -0.05) is 0 Å². The highest BCUT2D eigenvalue weighted by Crippen LogP contribution is 2.32. The Morgan fingerprint density at radius 3 is 3.17 bits per heavy atom. The van der Waals surface area contributed by atoms with Crippen LogP contribution < -0.4 is 5.73 Å². The van der Waals surface area contributed by atoms with Gasteiger partial charge in [-0.15, -0.1) is 0 Å². The molecule has 2 aliphatic rings. The fourth-order valence-electron chi connectivity index (χ4n) is 2.13. The quantitative estimate of drug-likeness (QED) is 0.649. The number of amides is 1. The zero-order valence-electron chi connectivity index (χ0n) is 7.03. The average Bonchev–Trinajstić information content (AvgIpc) is 2.56. The van der Waals surface area contributed by atoms with E-state index in [0.717, 1.165) is 12.8 Å². The molecule has 2 rings (SSSR count). The Balaban J connectivity index is 2.05. The smallest absolute Gasteiger partial charge is 0.410 e. The molecule has 2 N–H and O–H groups in total. The Kier molecular flexibility index (Phi) is 1.92. The molecule has 68 valence electrons. The molecule has 0 aromatic carbocycles. The number of hydrogen-bond acceptors (Lipinski definition) is 3. The summed E-state index contributed by atoms with van der Waals surface area (Å²) >= 11 is 0. The summed E-state index contributed by atoms with van der Waals surface area (Å²) in [6.07, 6.45) is 3.26. The van der Waals surface area contributed by atoms with Crippen LogP contribution in [0.25, 0.3) is 0 Å². The van der Waals surface area contributed by atoms with E-state index in [-0.39, 0.29) is 12.2 Å². The topological polar surface area (TPSA) is 55.6 Å². The van der Waals surface area contributed by atoms with Crippen molar-refractivity contribution >= 4 is 6.09 Å². The molecular weight excluding hydrogens is 156 g/mol. The van der Waals surface area contributed by atoms with Crippen molar-refractivity contribution in [3.05, 3.63) is 0 Å².